The fourth-order valence-corrected chi connectivity index (χ4v) is 0.817. The van der Waals surface area contributed by atoms with E-state index < -0.39 is 6.09 Å². The molecule has 0 aromatic carbocycles. The van der Waals surface area contributed by atoms with E-state index in [0.717, 1.165) is 0 Å². The van der Waals surface area contributed by atoms with Crippen molar-refractivity contribution in [1.29, 1.82) is 5.26 Å². The van der Waals surface area contributed by atoms with Crippen LogP contribution in [0.5, 0.6) is 0 Å². The van der Waals surface area contributed by atoms with E-state index in [-0.39, 0.29) is 0 Å². The van der Waals surface area contributed by atoms with E-state index in [9.17, 15) is 4.79 Å². The quantitative estimate of drug-likeness (QED) is 0.477. The van der Waals surface area contributed by atoms with Gasteiger partial charge in [0.1, 0.15) is 6.61 Å². The lowest BCUT2D eigenvalue weighted by Gasteiger charge is -2.01. The molecule has 0 aromatic heterocycles. The summed E-state index contributed by atoms with van der Waals surface area (Å²) in [6, 6.07) is 1.86. The van der Waals surface area contributed by atoms with Crippen LogP contribution in [0.3, 0.4) is 0 Å². The summed E-state index contributed by atoms with van der Waals surface area (Å²) in [6.07, 6.45) is 4.71. The van der Waals surface area contributed by atoms with Crippen molar-refractivity contribution in [3.05, 3.63) is 12.2 Å². The monoisotopic (exact) mass is 179 g/mol. The summed E-state index contributed by atoms with van der Waals surface area (Å²) in [5.41, 5.74) is 0. The number of nitrogens with zero attached hydrogens (tertiary/aromatic N) is 3. The predicted octanol–water partition coefficient (Wildman–Crippen LogP) is 0.894. The Kier molecular flexibility index (Phi) is 3.51. The highest BCUT2D eigenvalue weighted by Gasteiger charge is 2.20. The topological polar surface area (TPSA) is 65.7 Å². The van der Waals surface area contributed by atoms with Crippen molar-refractivity contribution in [3.63, 3.8) is 0 Å². The van der Waals surface area contributed by atoms with E-state index in [2.05, 4.69) is 9.84 Å². The number of rotatable bonds is 3. The maximum atomic E-state index is 10.8. The lowest BCUT2D eigenvalue weighted by atomic mass is 10.4. The van der Waals surface area contributed by atoms with E-state index in [4.69, 9.17) is 5.26 Å². The van der Waals surface area contributed by atoms with Crippen LogP contribution in [0.4, 0.5) is 4.79 Å². The molecule has 0 aromatic rings. The molecule has 13 heavy (non-hydrogen) atoms. The molecule has 68 valence electrons. The minimum absolute atomic E-state index is 0.393. The zero-order valence-electron chi connectivity index (χ0n) is 7.01. The molecule has 1 saturated heterocycles. The summed E-state index contributed by atoms with van der Waals surface area (Å²) < 4.78 is 4.65. The van der Waals surface area contributed by atoms with Gasteiger partial charge in [0.05, 0.1) is 12.6 Å². The second kappa shape index (κ2) is 4.93. The van der Waals surface area contributed by atoms with Gasteiger partial charge >= 0.3 is 6.09 Å². The van der Waals surface area contributed by atoms with E-state index in [1.54, 1.807) is 12.3 Å². The van der Waals surface area contributed by atoms with Crippen LogP contribution in [0, 0.1) is 11.3 Å². The van der Waals surface area contributed by atoms with E-state index in [1.165, 1.54) is 11.1 Å². The lowest BCUT2D eigenvalue weighted by Crippen LogP contribution is -2.17. The standard InChI is InChI=1S/C8H9N3O2/c9-4-2-1-3-5-10-11-6-7-13-8(11)12/h1-2,5H,3,6-7H2/b2-1?,10-5+. The molecule has 0 spiro atoms. The maximum absolute atomic E-state index is 10.8. The molecule has 0 bridgehead atoms. The summed E-state index contributed by atoms with van der Waals surface area (Å²) >= 11 is 0. The van der Waals surface area contributed by atoms with Crippen LogP contribution >= 0.6 is 0 Å². The molecule has 0 saturated carbocycles. The van der Waals surface area contributed by atoms with Crippen molar-refractivity contribution < 1.29 is 9.53 Å². The number of amides is 1. The van der Waals surface area contributed by atoms with E-state index >= 15 is 0 Å². The van der Waals surface area contributed by atoms with Gasteiger partial charge in [-0.2, -0.15) is 15.4 Å². The molecule has 0 radical (unpaired) electrons. The number of ether oxygens (including phenoxy) is 1. The maximum Gasteiger partial charge on any atom is 0.430 e. The van der Waals surface area contributed by atoms with Crippen LogP contribution in [0.25, 0.3) is 0 Å². The zero-order chi connectivity index (χ0) is 9.52. The first kappa shape index (κ1) is 9.26. The van der Waals surface area contributed by atoms with Gasteiger partial charge in [-0.05, 0) is 0 Å². The number of nitriles is 1. The first-order chi connectivity index (χ1) is 6.34. The van der Waals surface area contributed by atoms with Gasteiger partial charge in [-0.15, -0.1) is 0 Å². The highest BCUT2D eigenvalue weighted by Crippen LogP contribution is 2.02. The predicted molar refractivity (Wildman–Crippen MR) is 45.9 cm³/mol. The van der Waals surface area contributed by atoms with Crippen molar-refractivity contribution in [2.75, 3.05) is 13.2 Å². The normalized spacial score (nSPS) is 16.8. The second-order valence-electron chi connectivity index (χ2n) is 2.30. The molecule has 0 aliphatic carbocycles. The van der Waals surface area contributed by atoms with Gasteiger partial charge in [0.15, 0.2) is 0 Å². The molecule has 1 amide bonds. The molecule has 0 unspecified atom stereocenters. The van der Waals surface area contributed by atoms with E-state index in [0.29, 0.717) is 19.6 Å². The molecule has 5 heteroatoms. The Hall–Kier alpha value is -1.83. The summed E-state index contributed by atoms with van der Waals surface area (Å²) in [4.78, 5) is 10.8. The Labute approximate surface area is 75.9 Å². The van der Waals surface area contributed by atoms with Gasteiger partial charge in [0, 0.05) is 18.7 Å². The Balaban J connectivity index is 2.28. The molecule has 1 aliphatic rings. The number of hydrazone groups is 1. The van der Waals surface area contributed by atoms with Crippen LogP contribution in [0.15, 0.2) is 17.3 Å². The Morgan fingerprint density at radius 2 is 2.62 bits per heavy atom. The first-order valence-electron chi connectivity index (χ1n) is 3.86. The zero-order valence-corrected chi connectivity index (χ0v) is 7.01. The summed E-state index contributed by atoms with van der Waals surface area (Å²) in [7, 11) is 0. The Morgan fingerprint density at radius 1 is 1.77 bits per heavy atom. The number of cyclic esters (lactones) is 1. The third kappa shape index (κ3) is 2.95. The van der Waals surface area contributed by atoms with Crippen molar-refractivity contribution in [2.45, 2.75) is 6.42 Å². The number of allylic oxidation sites excluding steroid dienone is 2. The molecule has 1 aliphatic heterocycles. The third-order valence-electron chi connectivity index (χ3n) is 1.39. The number of hydrogen-bond donors (Lipinski definition) is 0. The van der Waals surface area contributed by atoms with Gasteiger partial charge in [-0.1, -0.05) is 6.08 Å². The Bertz CT molecular complexity index is 278. The van der Waals surface area contributed by atoms with E-state index in [1.807, 2.05) is 6.07 Å². The highest BCUT2D eigenvalue weighted by molar-refractivity contribution is 5.71. The third-order valence-corrected chi connectivity index (χ3v) is 1.39. The number of carbonyl (C=O) groups is 1. The van der Waals surface area contributed by atoms with Crippen molar-refractivity contribution >= 4 is 12.3 Å². The number of carbonyl (C=O) groups excluding carboxylic acids is 1. The van der Waals surface area contributed by atoms with Gasteiger partial charge in [-0.25, -0.2) is 4.79 Å². The van der Waals surface area contributed by atoms with Crippen molar-refractivity contribution in [2.24, 2.45) is 5.10 Å². The molecular weight excluding hydrogens is 170 g/mol. The summed E-state index contributed by atoms with van der Waals surface area (Å²) in [5, 5.41) is 13.3. The minimum Gasteiger partial charge on any atom is -0.446 e. The smallest absolute Gasteiger partial charge is 0.430 e. The minimum atomic E-state index is -0.416. The Morgan fingerprint density at radius 3 is 3.23 bits per heavy atom. The SMILES string of the molecule is N#CC=CC/C=N/N1CCOC1=O. The lowest BCUT2D eigenvalue weighted by molar-refractivity contribution is 0.159. The summed E-state index contributed by atoms with van der Waals surface area (Å²) in [5.74, 6) is 0. The van der Waals surface area contributed by atoms with Crippen LogP contribution in [-0.4, -0.2) is 30.5 Å². The van der Waals surface area contributed by atoms with Gasteiger partial charge in [-0.3, -0.25) is 0 Å². The average Bonchev–Trinajstić information content (AvgIpc) is 2.52. The van der Waals surface area contributed by atoms with Crippen molar-refractivity contribution in [1.82, 2.24) is 5.01 Å². The first-order valence-corrected chi connectivity index (χ1v) is 3.86. The van der Waals surface area contributed by atoms with Gasteiger partial charge in [0.2, 0.25) is 0 Å². The fourth-order valence-electron chi connectivity index (χ4n) is 0.817. The van der Waals surface area contributed by atoms with Crippen LogP contribution in [0.1, 0.15) is 6.42 Å². The van der Waals surface area contributed by atoms with Crippen LogP contribution < -0.4 is 0 Å². The van der Waals surface area contributed by atoms with Crippen LogP contribution in [0.2, 0.25) is 0 Å². The average molecular weight is 179 g/mol. The van der Waals surface area contributed by atoms with Gasteiger partial charge in [0.25, 0.3) is 0 Å². The molecule has 1 fully saturated rings. The molecule has 0 N–H and O–H groups in total. The van der Waals surface area contributed by atoms with Crippen LogP contribution in [-0.2, 0) is 4.74 Å². The van der Waals surface area contributed by atoms with Crippen molar-refractivity contribution in [3.8, 4) is 6.07 Å². The molecule has 5 nitrogen and oxygen atoms in total. The molecular formula is C8H9N3O2. The largest absolute Gasteiger partial charge is 0.446 e. The van der Waals surface area contributed by atoms with Gasteiger partial charge < -0.3 is 4.74 Å². The number of hydrogen-bond acceptors (Lipinski definition) is 4. The highest BCUT2D eigenvalue weighted by atomic mass is 16.6. The fraction of sp³-hybridized carbons (Fsp3) is 0.375. The molecule has 1 heterocycles. The summed E-state index contributed by atoms with van der Waals surface area (Å²) in [6.45, 7) is 0.890. The molecule has 1 rings (SSSR count). The molecule has 0 atom stereocenters. The second-order valence-corrected chi connectivity index (χ2v) is 2.30.